The first-order chi connectivity index (χ1) is 7.61. The summed E-state index contributed by atoms with van der Waals surface area (Å²) >= 11 is 5.70. The maximum absolute atomic E-state index is 13.0. The zero-order chi connectivity index (χ0) is 11.7. The van der Waals surface area contributed by atoms with E-state index in [1.165, 1.54) is 12.1 Å². The first-order valence-corrected chi connectivity index (χ1v) is 5.07. The van der Waals surface area contributed by atoms with E-state index in [1.54, 1.807) is 17.7 Å². The van der Waals surface area contributed by atoms with Crippen molar-refractivity contribution in [2.45, 2.75) is 13.5 Å². The molecule has 1 heterocycles. The summed E-state index contributed by atoms with van der Waals surface area (Å²) in [5.41, 5.74) is 6.18. The van der Waals surface area contributed by atoms with Crippen LogP contribution in [0.1, 0.15) is 11.6 Å². The predicted molar refractivity (Wildman–Crippen MR) is 59.0 cm³/mol. The van der Waals surface area contributed by atoms with Gasteiger partial charge < -0.3 is 5.73 Å². The van der Waals surface area contributed by atoms with Gasteiger partial charge in [-0.1, -0.05) is 11.6 Å². The van der Waals surface area contributed by atoms with Crippen LogP contribution in [0.5, 0.6) is 0 Å². The van der Waals surface area contributed by atoms with Crippen LogP contribution in [0.2, 0.25) is 5.02 Å². The van der Waals surface area contributed by atoms with Gasteiger partial charge in [-0.3, -0.25) is 0 Å². The highest BCUT2D eigenvalue weighted by molar-refractivity contribution is 6.30. The van der Waals surface area contributed by atoms with Crippen molar-refractivity contribution in [3.8, 4) is 5.69 Å². The Morgan fingerprint density at radius 1 is 1.50 bits per heavy atom. The zero-order valence-corrected chi connectivity index (χ0v) is 9.37. The Balaban J connectivity index is 2.53. The van der Waals surface area contributed by atoms with E-state index in [-0.39, 0.29) is 11.6 Å². The van der Waals surface area contributed by atoms with Crippen molar-refractivity contribution in [1.29, 1.82) is 0 Å². The summed E-state index contributed by atoms with van der Waals surface area (Å²) in [6, 6.07) is 4.35. The van der Waals surface area contributed by atoms with E-state index < -0.39 is 5.82 Å². The second kappa shape index (κ2) is 4.19. The molecule has 6 heteroatoms. The standard InChI is InChI=1S/C10H10ClFN4/c1-6-14-10(5-13)16(15-6)7-2-3-9(12)8(11)4-7/h2-4H,5,13H2,1H3. The Kier molecular flexibility index (Phi) is 2.89. The highest BCUT2D eigenvalue weighted by atomic mass is 35.5. The van der Waals surface area contributed by atoms with Gasteiger partial charge in [-0.2, -0.15) is 5.10 Å². The van der Waals surface area contributed by atoms with Crippen molar-refractivity contribution in [1.82, 2.24) is 14.8 Å². The summed E-state index contributed by atoms with van der Waals surface area (Å²) < 4.78 is 14.6. The van der Waals surface area contributed by atoms with Gasteiger partial charge in [-0.15, -0.1) is 0 Å². The second-order valence-corrected chi connectivity index (χ2v) is 3.70. The third-order valence-corrected chi connectivity index (χ3v) is 2.40. The molecule has 0 radical (unpaired) electrons. The first-order valence-electron chi connectivity index (χ1n) is 4.70. The maximum Gasteiger partial charge on any atom is 0.148 e. The summed E-state index contributed by atoms with van der Waals surface area (Å²) in [7, 11) is 0. The highest BCUT2D eigenvalue weighted by Gasteiger charge is 2.09. The van der Waals surface area contributed by atoms with E-state index >= 15 is 0 Å². The molecule has 0 aliphatic heterocycles. The Morgan fingerprint density at radius 2 is 2.25 bits per heavy atom. The van der Waals surface area contributed by atoms with E-state index in [0.29, 0.717) is 17.3 Å². The van der Waals surface area contributed by atoms with Gasteiger partial charge in [0.1, 0.15) is 17.5 Å². The molecular formula is C10H10ClFN4. The molecule has 0 amide bonds. The molecule has 2 aromatic rings. The largest absolute Gasteiger partial charge is 0.324 e. The van der Waals surface area contributed by atoms with Gasteiger partial charge in [-0.05, 0) is 25.1 Å². The topological polar surface area (TPSA) is 56.7 Å². The Hall–Kier alpha value is -1.46. The molecule has 0 saturated carbocycles. The van der Waals surface area contributed by atoms with Gasteiger partial charge in [0.15, 0.2) is 0 Å². The van der Waals surface area contributed by atoms with Crippen LogP contribution in [0.3, 0.4) is 0 Å². The minimum atomic E-state index is -0.462. The van der Waals surface area contributed by atoms with Crippen molar-refractivity contribution in [3.05, 3.63) is 40.7 Å². The van der Waals surface area contributed by atoms with E-state index in [2.05, 4.69) is 10.1 Å². The second-order valence-electron chi connectivity index (χ2n) is 3.29. The van der Waals surface area contributed by atoms with Gasteiger partial charge in [0.25, 0.3) is 0 Å². The third-order valence-electron chi connectivity index (χ3n) is 2.11. The lowest BCUT2D eigenvalue weighted by atomic mass is 10.3. The molecule has 0 aliphatic carbocycles. The molecule has 0 bridgehead atoms. The predicted octanol–water partition coefficient (Wildman–Crippen LogP) is 1.83. The number of rotatable bonds is 2. The average Bonchev–Trinajstić information content (AvgIpc) is 2.63. The molecule has 0 aliphatic rings. The minimum absolute atomic E-state index is 0.0497. The number of aromatic nitrogens is 3. The number of nitrogens with two attached hydrogens (primary N) is 1. The van der Waals surface area contributed by atoms with Gasteiger partial charge in [0, 0.05) is 0 Å². The Labute approximate surface area is 96.9 Å². The molecule has 1 aromatic carbocycles. The van der Waals surface area contributed by atoms with Crippen LogP contribution in [0.15, 0.2) is 18.2 Å². The van der Waals surface area contributed by atoms with Crippen LogP contribution in [-0.2, 0) is 6.54 Å². The van der Waals surface area contributed by atoms with Gasteiger partial charge in [0.2, 0.25) is 0 Å². The summed E-state index contributed by atoms with van der Waals surface area (Å²) in [4.78, 5) is 4.15. The van der Waals surface area contributed by atoms with E-state index in [4.69, 9.17) is 17.3 Å². The van der Waals surface area contributed by atoms with Crippen LogP contribution in [0.4, 0.5) is 4.39 Å². The van der Waals surface area contributed by atoms with E-state index in [9.17, 15) is 4.39 Å². The summed E-state index contributed by atoms with van der Waals surface area (Å²) in [6.07, 6.45) is 0. The summed E-state index contributed by atoms with van der Waals surface area (Å²) in [5.74, 6) is 0.762. The zero-order valence-electron chi connectivity index (χ0n) is 8.61. The molecule has 2 rings (SSSR count). The van der Waals surface area contributed by atoms with Crippen molar-refractivity contribution in [3.63, 3.8) is 0 Å². The smallest absolute Gasteiger partial charge is 0.148 e. The third kappa shape index (κ3) is 1.91. The molecule has 0 atom stereocenters. The van der Waals surface area contributed by atoms with Gasteiger partial charge >= 0.3 is 0 Å². The lowest BCUT2D eigenvalue weighted by Gasteiger charge is -2.04. The fourth-order valence-electron chi connectivity index (χ4n) is 1.41. The van der Waals surface area contributed by atoms with Crippen molar-refractivity contribution in [2.75, 3.05) is 0 Å². The normalized spacial score (nSPS) is 10.8. The van der Waals surface area contributed by atoms with Crippen LogP contribution >= 0.6 is 11.6 Å². The molecule has 0 unspecified atom stereocenters. The Morgan fingerprint density at radius 3 is 2.88 bits per heavy atom. The average molecular weight is 241 g/mol. The number of aryl methyl sites for hydroxylation is 1. The molecule has 4 nitrogen and oxygen atoms in total. The van der Waals surface area contributed by atoms with Crippen molar-refractivity contribution in [2.24, 2.45) is 5.73 Å². The number of halogens is 2. The summed E-state index contributed by atoms with van der Waals surface area (Å²) in [6.45, 7) is 2.02. The van der Waals surface area contributed by atoms with Crippen molar-refractivity contribution < 1.29 is 4.39 Å². The molecule has 0 fully saturated rings. The molecule has 16 heavy (non-hydrogen) atoms. The van der Waals surface area contributed by atoms with E-state index in [0.717, 1.165) is 0 Å². The number of nitrogens with zero attached hydrogens (tertiary/aromatic N) is 3. The quantitative estimate of drug-likeness (QED) is 0.871. The summed E-state index contributed by atoms with van der Waals surface area (Å²) in [5, 5.41) is 4.22. The SMILES string of the molecule is Cc1nc(CN)n(-c2ccc(F)c(Cl)c2)n1. The first kappa shape index (κ1) is 11.0. The molecular weight excluding hydrogens is 231 g/mol. The van der Waals surface area contributed by atoms with Crippen LogP contribution in [-0.4, -0.2) is 14.8 Å². The maximum atomic E-state index is 13.0. The molecule has 1 aromatic heterocycles. The van der Waals surface area contributed by atoms with Gasteiger partial charge in [-0.25, -0.2) is 14.1 Å². The van der Waals surface area contributed by atoms with Crippen LogP contribution in [0, 0.1) is 12.7 Å². The number of hydrogen-bond donors (Lipinski definition) is 1. The fraction of sp³-hybridized carbons (Fsp3) is 0.200. The highest BCUT2D eigenvalue weighted by Crippen LogP contribution is 2.19. The van der Waals surface area contributed by atoms with Gasteiger partial charge in [0.05, 0.1) is 17.3 Å². The van der Waals surface area contributed by atoms with E-state index in [1.807, 2.05) is 0 Å². The minimum Gasteiger partial charge on any atom is -0.324 e. The molecule has 84 valence electrons. The van der Waals surface area contributed by atoms with Crippen LogP contribution < -0.4 is 5.73 Å². The fourth-order valence-corrected chi connectivity index (χ4v) is 1.59. The lowest BCUT2D eigenvalue weighted by molar-refractivity contribution is 0.627. The number of hydrogen-bond acceptors (Lipinski definition) is 3. The molecule has 2 N–H and O–H groups in total. The van der Waals surface area contributed by atoms with Crippen LogP contribution in [0.25, 0.3) is 5.69 Å². The number of benzene rings is 1. The Bertz CT molecular complexity index is 524. The monoisotopic (exact) mass is 240 g/mol. The lowest BCUT2D eigenvalue weighted by Crippen LogP contribution is -2.08. The molecule has 0 spiro atoms. The molecule has 0 saturated heterocycles. The van der Waals surface area contributed by atoms with Crippen molar-refractivity contribution >= 4 is 11.6 Å².